The Kier molecular flexibility index (Phi) is 2.81. The molecule has 1 N–H and O–H groups in total. The maximum Gasteiger partial charge on any atom is 0.351 e. The Bertz CT molecular complexity index is 545. The highest BCUT2D eigenvalue weighted by molar-refractivity contribution is 5.84. The molecule has 0 amide bonds. The summed E-state index contributed by atoms with van der Waals surface area (Å²) in [5.41, 5.74) is 1.38. The van der Waals surface area contributed by atoms with Crippen molar-refractivity contribution in [1.29, 1.82) is 0 Å². The molecule has 0 saturated carbocycles. The Labute approximate surface area is 106 Å². The van der Waals surface area contributed by atoms with Crippen LogP contribution in [-0.2, 0) is 4.79 Å². The van der Waals surface area contributed by atoms with Gasteiger partial charge in [-0.05, 0) is 38.5 Å². The van der Waals surface area contributed by atoms with Crippen LogP contribution in [0.1, 0.15) is 23.6 Å². The zero-order valence-electron chi connectivity index (χ0n) is 10.9. The molecule has 1 aliphatic heterocycles. The third kappa shape index (κ3) is 1.74. The van der Waals surface area contributed by atoms with Crippen LogP contribution >= 0.6 is 0 Å². The van der Waals surface area contributed by atoms with Crippen LogP contribution in [0.4, 0.5) is 0 Å². The van der Waals surface area contributed by atoms with Gasteiger partial charge < -0.3 is 14.6 Å². The predicted molar refractivity (Wildman–Crippen MR) is 68.2 cm³/mol. The number of hydrogen-bond acceptors (Lipinski definition) is 3. The van der Waals surface area contributed by atoms with E-state index < -0.39 is 11.6 Å². The van der Waals surface area contributed by atoms with Crippen molar-refractivity contribution in [1.82, 2.24) is 0 Å². The second-order valence-corrected chi connectivity index (χ2v) is 4.61. The first-order valence-corrected chi connectivity index (χ1v) is 5.69. The molecule has 1 aromatic carbocycles. The number of ether oxygens (including phenoxy) is 2. The monoisotopic (exact) mass is 248 g/mol. The van der Waals surface area contributed by atoms with Gasteiger partial charge in [0.05, 0.1) is 7.11 Å². The summed E-state index contributed by atoms with van der Waals surface area (Å²) < 4.78 is 10.9. The Morgan fingerprint density at radius 1 is 1.44 bits per heavy atom. The highest BCUT2D eigenvalue weighted by atomic mass is 16.5. The molecule has 0 bridgehead atoms. The van der Waals surface area contributed by atoms with E-state index in [1.54, 1.807) is 19.3 Å². The summed E-state index contributed by atoms with van der Waals surface area (Å²) in [6.07, 6.45) is 3.35. The van der Waals surface area contributed by atoms with Gasteiger partial charge in [0, 0.05) is 11.1 Å². The molecular weight excluding hydrogens is 232 g/mol. The average Bonchev–Trinajstić information content (AvgIpc) is 2.33. The van der Waals surface area contributed by atoms with Crippen molar-refractivity contribution in [2.45, 2.75) is 26.4 Å². The number of fused-ring (bicyclic) bond motifs is 1. The largest absolute Gasteiger partial charge is 0.496 e. The molecule has 0 aliphatic carbocycles. The number of carbonyl (C=O) groups is 1. The van der Waals surface area contributed by atoms with E-state index in [9.17, 15) is 9.90 Å². The molecule has 0 unspecified atom stereocenters. The summed E-state index contributed by atoms with van der Waals surface area (Å²) in [6.45, 7) is 5.34. The van der Waals surface area contributed by atoms with Crippen LogP contribution < -0.4 is 9.47 Å². The first-order valence-electron chi connectivity index (χ1n) is 5.69. The van der Waals surface area contributed by atoms with Gasteiger partial charge in [0.15, 0.2) is 0 Å². The van der Waals surface area contributed by atoms with E-state index in [-0.39, 0.29) is 0 Å². The van der Waals surface area contributed by atoms with Crippen LogP contribution in [0.25, 0.3) is 6.08 Å². The number of carboxylic acids is 1. The maximum atomic E-state index is 11.2. The molecule has 4 heteroatoms. The molecule has 0 saturated heterocycles. The summed E-state index contributed by atoms with van der Waals surface area (Å²) in [7, 11) is 1.61. The van der Waals surface area contributed by atoms with Crippen molar-refractivity contribution < 1.29 is 19.4 Å². The van der Waals surface area contributed by atoms with Gasteiger partial charge in [-0.25, -0.2) is 4.79 Å². The smallest absolute Gasteiger partial charge is 0.351 e. The predicted octanol–water partition coefficient (Wildman–Crippen LogP) is 2.56. The molecule has 1 atom stereocenters. The van der Waals surface area contributed by atoms with Crippen LogP contribution in [0, 0.1) is 13.8 Å². The van der Waals surface area contributed by atoms with E-state index >= 15 is 0 Å². The Morgan fingerprint density at radius 3 is 2.67 bits per heavy atom. The third-order valence-electron chi connectivity index (χ3n) is 3.25. The SMILES string of the molecule is COc1cc(C)c2c(c1C)C=C[C@@](C)(C(=O)O)O2. The molecule has 0 radical (unpaired) electrons. The van der Waals surface area contributed by atoms with Gasteiger partial charge in [0.1, 0.15) is 11.5 Å². The maximum absolute atomic E-state index is 11.2. The molecule has 0 aromatic heterocycles. The summed E-state index contributed by atoms with van der Waals surface area (Å²) in [6, 6.07) is 1.86. The van der Waals surface area contributed by atoms with Gasteiger partial charge in [0.2, 0.25) is 5.60 Å². The zero-order chi connectivity index (χ0) is 13.5. The van der Waals surface area contributed by atoms with E-state index in [1.807, 2.05) is 19.9 Å². The van der Waals surface area contributed by atoms with Crippen molar-refractivity contribution in [3.8, 4) is 11.5 Å². The van der Waals surface area contributed by atoms with Gasteiger partial charge in [-0.3, -0.25) is 0 Å². The number of hydrogen-bond donors (Lipinski definition) is 1. The Balaban J connectivity index is 2.60. The number of rotatable bonds is 2. The lowest BCUT2D eigenvalue weighted by Crippen LogP contribution is -2.41. The van der Waals surface area contributed by atoms with Crippen LogP contribution in [0.3, 0.4) is 0 Å². The van der Waals surface area contributed by atoms with E-state index in [1.165, 1.54) is 6.92 Å². The highest BCUT2D eigenvalue weighted by Crippen LogP contribution is 2.39. The quantitative estimate of drug-likeness (QED) is 0.873. The fourth-order valence-corrected chi connectivity index (χ4v) is 2.04. The van der Waals surface area contributed by atoms with Crippen LogP contribution in [0.5, 0.6) is 11.5 Å². The van der Waals surface area contributed by atoms with Crippen molar-refractivity contribution >= 4 is 12.0 Å². The Hall–Kier alpha value is -1.97. The molecular formula is C14H16O4. The summed E-state index contributed by atoms with van der Waals surface area (Å²) in [5, 5.41) is 9.18. The number of aryl methyl sites for hydroxylation is 1. The van der Waals surface area contributed by atoms with Crippen LogP contribution in [-0.4, -0.2) is 23.8 Å². The van der Waals surface area contributed by atoms with Gasteiger partial charge in [-0.2, -0.15) is 0 Å². The average molecular weight is 248 g/mol. The van der Waals surface area contributed by atoms with Crippen LogP contribution in [0.15, 0.2) is 12.1 Å². The third-order valence-corrected chi connectivity index (χ3v) is 3.25. The van der Waals surface area contributed by atoms with E-state index in [2.05, 4.69) is 0 Å². The molecule has 1 aromatic rings. The zero-order valence-corrected chi connectivity index (χ0v) is 10.9. The second-order valence-electron chi connectivity index (χ2n) is 4.61. The highest BCUT2D eigenvalue weighted by Gasteiger charge is 2.36. The normalized spacial score (nSPS) is 21.1. The fraction of sp³-hybridized carbons (Fsp3) is 0.357. The molecule has 96 valence electrons. The summed E-state index contributed by atoms with van der Waals surface area (Å²) in [5.74, 6) is 0.386. The second kappa shape index (κ2) is 4.05. The van der Waals surface area contributed by atoms with Crippen molar-refractivity contribution in [3.05, 3.63) is 28.8 Å². The minimum atomic E-state index is -1.31. The van der Waals surface area contributed by atoms with Crippen LogP contribution in [0.2, 0.25) is 0 Å². The number of carboxylic acid groups (broad SMARTS) is 1. The van der Waals surface area contributed by atoms with Crippen molar-refractivity contribution in [2.24, 2.45) is 0 Å². The van der Waals surface area contributed by atoms with E-state index in [4.69, 9.17) is 9.47 Å². The first-order chi connectivity index (χ1) is 8.39. The lowest BCUT2D eigenvalue weighted by molar-refractivity contribution is -0.149. The summed E-state index contributed by atoms with van der Waals surface area (Å²) in [4.78, 5) is 11.2. The molecule has 1 aliphatic rings. The van der Waals surface area contributed by atoms with Crippen molar-refractivity contribution in [3.63, 3.8) is 0 Å². The molecule has 1 heterocycles. The summed E-state index contributed by atoms with van der Waals surface area (Å²) >= 11 is 0. The molecule has 4 nitrogen and oxygen atoms in total. The molecule has 0 spiro atoms. The topological polar surface area (TPSA) is 55.8 Å². The molecule has 0 fully saturated rings. The standard InChI is InChI=1S/C14H16O4/c1-8-7-11(17-4)9(2)10-5-6-14(3,13(15)16)18-12(8)10/h5-7H,1-4H3,(H,15,16)/t14-/m0/s1. The van der Waals surface area contributed by atoms with E-state index in [0.717, 1.165) is 22.4 Å². The van der Waals surface area contributed by atoms with Gasteiger partial charge in [0.25, 0.3) is 0 Å². The molecule has 2 rings (SSSR count). The minimum Gasteiger partial charge on any atom is -0.496 e. The lowest BCUT2D eigenvalue weighted by atomic mass is 9.95. The number of methoxy groups -OCH3 is 1. The van der Waals surface area contributed by atoms with E-state index in [0.29, 0.717) is 5.75 Å². The first kappa shape index (κ1) is 12.5. The fourth-order valence-electron chi connectivity index (χ4n) is 2.04. The number of aliphatic carboxylic acids is 1. The Morgan fingerprint density at radius 2 is 2.11 bits per heavy atom. The van der Waals surface area contributed by atoms with Gasteiger partial charge >= 0.3 is 5.97 Å². The lowest BCUT2D eigenvalue weighted by Gasteiger charge is -2.30. The van der Waals surface area contributed by atoms with Gasteiger partial charge in [-0.1, -0.05) is 6.08 Å². The van der Waals surface area contributed by atoms with Crippen molar-refractivity contribution in [2.75, 3.05) is 7.11 Å². The molecule has 18 heavy (non-hydrogen) atoms. The minimum absolute atomic E-state index is 0.612. The van der Waals surface area contributed by atoms with Gasteiger partial charge in [-0.15, -0.1) is 0 Å². The number of benzene rings is 1.